The standard InChI is InChI=1S/C21H28N2O/c1-15(19(22)17-11-7-5-8-12-17)20(24)23-16(2)21(3,4)18-13-9-6-10-14-18/h5-16,19H,22H2,1-4H3,(H,23,24). The summed E-state index contributed by atoms with van der Waals surface area (Å²) in [5, 5.41) is 3.15. The molecule has 3 unspecified atom stereocenters. The van der Waals surface area contributed by atoms with Gasteiger partial charge in [-0.25, -0.2) is 0 Å². The summed E-state index contributed by atoms with van der Waals surface area (Å²) < 4.78 is 0. The van der Waals surface area contributed by atoms with Gasteiger partial charge in [-0.2, -0.15) is 0 Å². The fourth-order valence-electron chi connectivity index (χ4n) is 2.77. The van der Waals surface area contributed by atoms with Crippen molar-refractivity contribution in [2.24, 2.45) is 11.7 Å². The van der Waals surface area contributed by atoms with Gasteiger partial charge in [-0.3, -0.25) is 4.79 Å². The predicted molar refractivity (Wildman–Crippen MR) is 99.6 cm³/mol. The number of benzene rings is 2. The van der Waals surface area contributed by atoms with E-state index in [2.05, 4.69) is 31.3 Å². The molecule has 0 aliphatic heterocycles. The number of hydrogen-bond acceptors (Lipinski definition) is 2. The van der Waals surface area contributed by atoms with Gasteiger partial charge in [0.05, 0.1) is 5.92 Å². The Morgan fingerprint density at radius 1 is 0.958 bits per heavy atom. The van der Waals surface area contributed by atoms with Crippen LogP contribution < -0.4 is 11.1 Å². The van der Waals surface area contributed by atoms with Crippen LogP contribution in [-0.2, 0) is 10.2 Å². The van der Waals surface area contributed by atoms with Crippen LogP contribution in [0.1, 0.15) is 44.9 Å². The van der Waals surface area contributed by atoms with E-state index in [-0.39, 0.29) is 29.3 Å². The number of amides is 1. The van der Waals surface area contributed by atoms with Crippen molar-refractivity contribution in [2.75, 3.05) is 0 Å². The van der Waals surface area contributed by atoms with E-state index >= 15 is 0 Å². The third-order valence-electron chi connectivity index (χ3n) is 5.10. The van der Waals surface area contributed by atoms with E-state index in [9.17, 15) is 4.79 Å². The molecule has 2 rings (SSSR count). The average molecular weight is 324 g/mol. The smallest absolute Gasteiger partial charge is 0.224 e. The fraction of sp³-hybridized carbons (Fsp3) is 0.381. The minimum absolute atomic E-state index is 0.00202. The summed E-state index contributed by atoms with van der Waals surface area (Å²) in [6.45, 7) is 8.23. The molecule has 3 nitrogen and oxygen atoms in total. The molecule has 0 aromatic heterocycles. The molecule has 0 spiro atoms. The summed E-state index contributed by atoms with van der Waals surface area (Å²) in [4.78, 5) is 12.7. The van der Waals surface area contributed by atoms with Crippen molar-refractivity contribution in [3.05, 3.63) is 71.8 Å². The average Bonchev–Trinajstić information content (AvgIpc) is 2.61. The molecule has 1 amide bonds. The third-order valence-corrected chi connectivity index (χ3v) is 5.10. The van der Waals surface area contributed by atoms with Gasteiger partial charge in [0, 0.05) is 17.5 Å². The molecule has 0 aliphatic carbocycles. The van der Waals surface area contributed by atoms with Crippen molar-refractivity contribution >= 4 is 5.91 Å². The monoisotopic (exact) mass is 324 g/mol. The van der Waals surface area contributed by atoms with Gasteiger partial charge in [-0.1, -0.05) is 81.4 Å². The maximum absolute atomic E-state index is 12.7. The van der Waals surface area contributed by atoms with Crippen LogP contribution in [0.25, 0.3) is 0 Å². The van der Waals surface area contributed by atoms with Crippen LogP contribution in [0.2, 0.25) is 0 Å². The molecule has 0 heterocycles. The Morgan fingerprint density at radius 2 is 1.46 bits per heavy atom. The number of carbonyl (C=O) groups excluding carboxylic acids is 1. The van der Waals surface area contributed by atoms with Gasteiger partial charge in [-0.15, -0.1) is 0 Å². The first-order valence-corrected chi connectivity index (χ1v) is 8.50. The van der Waals surface area contributed by atoms with Crippen LogP contribution in [0.3, 0.4) is 0 Å². The second kappa shape index (κ2) is 7.63. The van der Waals surface area contributed by atoms with Crippen molar-refractivity contribution in [3.8, 4) is 0 Å². The molecule has 0 saturated carbocycles. The Morgan fingerprint density at radius 3 is 2.00 bits per heavy atom. The zero-order valence-corrected chi connectivity index (χ0v) is 15.0. The van der Waals surface area contributed by atoms with Gasteiger partial charge in [0.1, 0.15) is 0 Å². The molecule has 0 saturated heterocycles. The summed E-state index contributed by atoms with van der Waals surface area (Å²) in [5.41, 5.74) is 8.30. The Bertz CT molecular complexity index is 652. The lowest BCUT2D eigenvalue weighted by Gasteiger charge is -2.34. The summed E-state index contributed by atoms with van der Waals surface area (Å²) in [6.07, 6.45) is 0. The van der Waals surface area contributed by atoms with Crippen LogP contribution >= 0.6 is 0 Å². The zero-order chi connectivity index (χ0) is 17.7. The second-order valence-electron chi connectivity index (χ2n) is 7.04. The van der Waals surface area contributed by atoms with Crippen LogP contribution in [0.4, 0.5) is 0 Å². The molecule has 0 aliphatic rings. The third kappa shape index (κ3) is 4.04. The Kier molecular flexibility index (Phi) is 5.79. The molecule has 0 radical (unpaired) electrons. The highest BCUT2D eigenvalue weighted by Crippen LogP contribution is 2.27. The SMILES string of the molecule is CC(C(=O)NC(C)C(C)(C)c1ccccc1)C(N)c1ccccc1. The highest BCUT2D eigenvalue weighted by molar-refractivity contribution is 5.79. The zero-order valence-electron chi connectivity index (χ0n) is 15.0. The Labute approximate surface area is 145 Å². The minimum atomic E-state index is -0.307. The van der Waals surface area contributed by atoms with E-state index in [1.54, 1.807) is 0 Å². The van der Waals surface area contributed by atoms with Gasteiger partial charge in [-0.05, 0) is 18.1 Å². The highest BCUT2D eigenvalue weighted by Gasteiger charge is 2.31. The van der Waals surface area contributed by atoms with Gasteiger partial charge in [0.25, 0.3) is 0 Å². The lowest BCUT2D eigenvalue weighted by Crippen LogP contribution is -2.48. The van der Waals surface area contributed by atoms with Crippen LogP contribution in [0, 0.1) is 5.92 Å². The van der Waals surface area contributed by atoms with Crippen molar-refractivity contribution < 1.29 is 4.79 Å². The fourth-order valence-corrected chi connectivity index (χ4v) is 2.77. The van der Waals surface area contributed by atoms with E-state index in [1.165, 1.54) is 5.56 Å². The number of hydrogen-bond donors (Lipinski definition) is 2. The molecule has 3 heteroatoms. The first kappa shape index (κ1) is 18.2. The first-order valence-electron chi connectivity index (χ1n) is 8.50. The molecule has 3 N–H and O–H groups in total. The molecule has 2 aromatic rings. The van der Waals surface area contributed by atoms with Crippen molar-refractivity contribution in [2.45, 2.75) is 45.2 Å². The summed E-state index contributed by atoms with van der Waals surface area (Å²) in [5.74, 6) is -0.302. The van der Waals surface area contributed by atoms with E-state index in [1.807, 2.05) is 62.4 Å². The summed E-state index contributed by atoms with van der Waals surface area (Å²) >= 11 is 0. The Hall–Kier alpha value is -2.13. The maximum atomic E-state index is 12.7. The molecule has 0 bridgehead atoms. The molecule has 2 aromatic carbocycles. The quantitative estimate of drug-likeness (QED) is 0.849. The lowest BCUT2D eigenvalue weighted by molar-refractivity contribution is -0.126. The van der Waals surface area contributed by atoms with E-state index in [0.717, 1.165) is 5.56 Å². The number of carbonyl (C=O) groups is 1. The maximum Gasteiger partial charge on any atom is 0.224 e. The molecule has 0 fully saturated rings. The van der Waals surface area contributed by atoms with Crippen LogP contribution in [0.15, 0.2) is 60.7 Å². The van der Waals surface area contributed by atoms with Gasteiger partial charge >= 0.3 is 0 Å². The van der Waals surface area contributed by atoms with E-state index in [4.69, 9.17) is 5.73 Å². The molecular formula is C21H28N2O. The largest absolute Gasteiger partial charge is 0.352 e. The highest BCUT2D eigenvalue weighted by atomic mass is 16.2. The molecule has 24 heavy (non-hydrogen) atoms. The number of nitrogens with two attached hydrogens (primary N) is 1. The Balaban J connectivity index is 2.05. The number of rotatable bonds is 6. The van der Waals surface area contributed by atoms with Crippen molar-refractivity contribution in [3.63, 3.8) is 0 Å². The normalized spacial score (nSPS) is 15.4. The minimum Gasteiger partial charge on any atom is -0.352 e. The van der Waals surface area contributed by atoms with Crippen LogP contribution in [0.5, 0.6) is 0 Å². The van der Waals surface area contributed by atoms with E-state index in [0.29, 0.717) is 0 Å². The molecule has 3 atom stereocenters. The van der Waals surface area contributed by atoms with Crippen LogP contribution in [-0.4, -0.2) is 11.9 Å². The lowest BCUT2D eigenvalue weighted by atomic mass is 9.78. The number of nitrogens with one attached hydrogen (secondary N) is 1. The first-order chi connectivity index (χ1) is 11.3. The predicted octanol–water partition coefficient (Wildman–Crippen LogP) is 3.81. The molecular weight excluding hydrogens is 296 g/mol. The van der Waals surface area contributed by atoms with E-state index < -0.39 is 0 Å². The van der Waals surface area contributed by atoms with Gasteiger partial charge < -0.3 is 11.1 Å². The molecule has 128 valence electrons. The second-order valence-corrected chi connectivity index (χ2v) is 7.04. The summed E-state index contributed by atoms with van der Waals surface area (Å²) in [7, 11) is 0. The topological polar surface area (TPSA) is 55.1 Å². The summed E-state index contributed by atoms with van der Waals surface area (Å²) in [6, 6.07) is 19.7. The van der Waals surface area contributed by atoms with Crippen molar-refractivity contribution in [1.82, 2.24) is 5.32 Å². The van der Waals surface area contributed by atoms with Gasteiger partial charge in [0.2, 0.25) is 5.91 Å². The van der Waals surface area contributed by atoms with Gasteiger partial charge in [0.15, 0.2) is 0 Å². The van der Waals surface area contributed by atoms with Crippen molar-refractivity contribution in [1.29, 1.82) is 0 Å².